The van der Waals surface area contributed by atoms with E-state index >= 15 is 0 Å². The first-order chi connectivity index (χ1) is 8.54. The van der Waals surface area contributed by atoms with Crippen molar-refractivity contribution in [3.63, 3.8) is 0 Å². The van der Waals surface area contributed by atoms with Crippen LogP contribution in [0.1, 0.15) is 37.8 Å². The van der Waals surface area contributed by atoms with Crippen LogP contribution in [0.15, 0.2) is 24.3 Å². The lowest BCUT2D eigenvalue weighted by atomic mass is 9.96. The number of carboxylic acids is 1. The second kappa shape index (κ2) is 5.45. The zero-order valence-electron chi connectivity index (χ0n) is 11.2. The Hall–Kier alpha value is -1.16. The fourth-order valence-corrected chi connectivity index (χ4v) is 2.06. The Kier molecular flexibility index (Phi) is 4.56. The van der Waals surface area contributed by atoms with Crippen molar-refractivity contribution in [1.82, 2.24) is 0 Å². The normalized spacial score (nSPS) is 14.2. The largest absolute Gasteiger partial charge is 0.481 e. The van der Waals surface area contributed by atoms with E-state index in [1.807, 2.05) is 0 Å². The van der Waals surface area contributed by atoms with E-state index in [1.165, 1.54) is 13.8 Å². The second-order valence-corrected chi connectivity index (χ2v) is 7.63. The van der Waals surface area contributed by atoms with Gasteiger partial charge in [0, 0.05) is 0 Å². The van der Waals surface area contributed by atoms with Crippen molar-refractivity contribution in [2.45, 2.75) is 38.3 Å². The highest BCUT2D eigenvalue weighted by Crippen LogP contribution is 2.51. The van der Waals surface area contributed by atoms with Gasteiger partial charge in [-0.25, -0.2) is 0 Å². The standard InChI is InChI=1S/C13H19O5P/c1-9(12(14)15)11-6-4-10(5-7-11)8-13(2,3)19(16,17)18/h4-7,9H,8H2,1-3H3,(H,14,15)(H2,16,17,18). The number of rotatable bonds is 5. The molecule has 0 bridgehead atoms. The maximum Gasteiger partial charge on any atom is 0.331 e. The lowest BCUT2D eigenvalue weighted by molar-refractivity contribution is -0.138. The summed E-state index contributed by atoms with van der Waals surface area (Å²) in [4.78, 5) is 29.4. The molecule has 0 saturated heterocycles. The summed E-state index contributed by atoms with van der Waals surface area (Å²) in [7, 11) is -4.17. The van der Waals surface area contributed by atoms with Crippen LogP contribution < -0.4 is 0 Å². The van der Waals surface area contributed by atoms with Crippen LogP contribution in [0.2, 0.25) is 0 Å². The molecule has 1 aromatic carbocycles. The van der Waals surface area contributed by atoms with E-state index in [9.17, 15) is 19.1 Å². The second-order valence-electron chi connectivity index (χ2n) is 5.33. The molecule has 0 spiro atoms. The summed E-state index contributed by atoms with van der Waals surface area (Å²) in [6, 6.07) is 6.80. The molecule has 19 heavy (non-hydrogen) atoms. The minimum atomic E-state index is -4.17. The zero-order valence-corrected chi connectivity index (χ0v) is 12.1. The third-order valence-corrected chi connectivity index (χ3v) is 5.01. The van der Waals surface area contributed by atoms with Gasteiger partial charge in [-0.15, -0.1) is 0 Å². The summed E-state index contributed by atoms with van der Waals surface area (Å²) in [6.45, 7) is 4.63. The molecule has 0 aliphatic heterocycles. The molecule has 0 aliphatic carbocycles. The Morgan fingerprint density at radius 3 is 2.11 bits per heavy atom. The number of hydrogen-bond donors (Lipinski definition) is 3. The predicted octanol–water partition coefficient (Wildman–Crippen LogP) is 2.37. The Labute approximate surface area is 112 Å². The monoisotopic (exact) mass is 286 g/mol. The molecule has 0 aliphatic rings. The lowest BCUT2D eigenvalue weighted by Gasteiger charge is -2.25. The number of carbonyl (C=O) groups is 1. The molecular formula is C13H19O5P. The SMILES string of the molecule is CC(C(=O)O)c1ccc(CC(C)(C)P(=O)(O)O)cc1. The summed E-state index contributed by atoms with van der Waals surface area (Å²) >= 11 is 0. The Bertz CT molecular complexity index is 500. The molecule has 0 aromatic heterocycles. The summed E-state index contributed by atoms with van der Waals surface area (Å²) in [5.74, 6) is -1.49. The summed E-state index contributed by atoms with van der Waals surface area (Å²) in [5, 5.41) is 7.76. The van der Waals surface area contributed by atoms with Crippen LogP contribution in [0.5, 0.6) is 0 Å². The van der Waals surface area contributed by atoms with Gasteiger partial charge in [-0.05, 0) is 38.3 Å². The van der Waals surface area contributed by atoms with Gasteiger partial charge >= 0.3 is 13.6 Å². The minimum absolute atomic E-state index is 0.235. The smallest absolute Gasteiger partial charge is 0.331 e. The van der Waals surface area contributed by atoms with E-state index in [2.05, 4.69) is 0 Å². The van der Waals surface area contributed by atoms with Gasteiger partial charge in [0.2, 0.25) is 0 Å². The van der Waals surface area contributed by atoms with Crippen LogP contribution in [0.4, 0.5) is 0 Å². The van der Waals surface area contributed by atoms with Gasteiger partial charge in [-0.3, -0.25) is 9.36 Å². The zero-order chi connectivity index (χ0) is 14.8. The Balaban J connectivity index is 2.89. The Morgan fingerprint density at radius 2 is 1.74 bits per heavy atom. The van der Waals surface area contributed by atoms with E-state index < -0.39 is 24.6 Å². The average Bonchev–Trinajstić information content (AvgIpc) is 2.27. The quantitative estimate of drug-likeness (QED) is 0.722. The molecule has 5 nitrogen and oxygen atoms in total. The van der Waals surface area contributed by atoms with Gasteiger partial charge in [0.05, 0.1) is 11.1 Å². The maximum atomic E-state index is 11.3. The van der Waals surface area contributed by atoms with E-state index in [1.54, 1.807) is 31.2 Å². The van der Waals surface area contributed by atoms with E-state index in [4.69, 9.17) is 5.11 Å². The van der Waals surface area contributed by atoms with Crippen LogP contribution in [0, 0.1) is 0 Å². The average molecular weight is 286 g/mol. The number of benzene rings is 1. The highest BCUT2D eigenvalue weighted by Gasteiger charge is 2.37. The van der Waals surface area contributed by atoms with Crippen molar-refractivity contribution >= 4 is 13.6 Å². The van der Waals surface area contributed by atoms with Crippen molar-refractivity contribution in [2.24, 2.45) is 0 Å². The van der Waals surface area contributed by atoms with Crippen LogP contribution in [0.3, 0.4) is 0 Å². The highest BCUT2D eigenvalue weighted by molar-refractivity contribution is 7.53. The molecule has 0 fully saturated rings. The molecule has 1 aromatic rings. The van der Waals surface area contributed by atoms with Crippen LogP contribution in [-0.2, 0) is 15.8 Å². The molecule has 106 valence electrons. The van der Waals surface area contributed by atoms with E-state index in [0.717, 1.165) is 5.56 Å². The van der Waals surface area contributed by atoms with Crippen molar-refractivity contribution in [2.75, 3.05) is 0 Å². The predicted molar refractivity (Wildman–Crippen MR) is 72.3 cm³/mol. The molecule has 1 rings (SSSR count). The third-order valence-electron chi connectivity index (χ3n) is 3.28. The van der Waals surface area contributed by atoms with Crippen molar-refractivity contribution in [3.05, 3.63) is 35.4 Å². The number of hydrogen-bond acceptors (Lipinski definition) is 2. The molecule has 0 heterocycles. The fourth-order valence-electron chi connectivity index (χ4n) is 1.67. The molecule has 0 amide bonds. The van der Waals surface area contributed by atoms with Gasteiger partial charge in [0.25, 0.3) is 0 Å². The van der Waals surface area contributed by atoms with Gasteiger partial charge in [0.1, 0.15) is 0 Å². The number of aliphatic carboxylic acids is 1. The van der Waals surface area contributed by atoms with Gasteiger partial charge in [-0.2, -0.15) is 0 Å². The molecule has 3 N–H and O–H groups in total. The van der Waals surface area contributed by atoms with Crippen LogP contribution in [-0.4, -0.2) is 26.0 Å². The van der Waals surface area contributed by atoms with Gasteiger partial charge in [-0.1, -0.05) is 24.3 Å². The third kappa shape index (κ3) is 3.90. The van der Waals surface area contributed by atoms with Crippen molar-refractivity contribution < 1.29 is 24.3 Å². The Morgan fingerprint density at radius 1 is 1.26 bits per heavy atom. The first-order valence-electron chi connectivity index (χ1n) is 5.92. The van der Waals surface area contributed by atoms with E-state index in [-0.39, 0.29) is 6.42 Å². The summed E-state index contributed by atoms with van der Waals surface area (Å²) in [6.07, 6.45) is 0.235. The summed E-state index contributed by atoms with van der Waals surface area (Å²) < 4.78 is 11.3. The maximum absolute atomic E-state index is 11.3. The van der Waals surface area contributed by atoms with Crippen LogP contribution in [0.25, 0.3) is 0 Å². The first kappa shape index (κ1) is 15.9. The molecule has 6 heteroatoms. The molecular weight excluding hydrogens is 267 g/mol. The van der Waals surface area contributed by atoms with Crippen LogP contribution >= 0.6 is 7.60 Å². The topological polar surface area (TPSA) is 94.8 Å². The van der Waals surface area contributed by atoms with Gasteiger partial charge in [0.15, 0.2) is 0 Å². The highest BCUT2D eigenvalue weighted by atomic mass is 31.2. The summed E-state index contributed by atoms with van der Waals surface area (Å²) in [5.41, 5.74) is 1.44. The number of carboxylic acid groups (broad SMARTS) is 1. The molecule has 1 atom stereocenters. The van der Waals surface area contributed by atoms with Crippen molar-refractivity contribution in [3.8, 4) is 0 Å². The molecule has 0 saturated carbocycles. The molecule has 0 radical (unpaired) electrons. The minimum Gasteiger partial charge on any atom is -0.481 e. The van der Waals surface area contributed by atoms with Crippen molar-refractivity contribution in [1.29, 1.82) is 0 Å². The first-order valence-corrected chi connectivity index (χ1v) is 7.53. The fraction of sp³-hybridized carbons (Fsp3) is 0.462. The lowest BCUT2D eigenvalue weighted by Crippen LogP contribution is -2.23. The van der Waals surface area contributed by atoms with Gasteiger partial charge < -0.3 is 14.9 Å². The molecule has 1 unspecified atom stereocenters. The van der Waals surface area contributed by atoms with E-state index in [0.29, 0.717) is 5.56 Å².